The predicted molar refractivity (Wildman–Crippen MR) is 306 cm³/mol. The van der Waals surface area contributed by atoms with E-state index in [0.717, 1.165) is 122 Å². The van der Waals surface area contributed by atoms with Crippen molar-refractivity contribution in [3.05, 3.63) is 99.6 Å². The summed E-state index contributed by atoms with van der Waals surface area (Å²) in [5.74, 6) is 0.713. The molecule has 414 valence electrons. The van der Waals surface area contributed by atoms with Gasteiger partial charge in [0.05, 0.1) is 124 Å². The fourth-order valence-corrected chi connectivity index (χ4v) is 12.4. The first-order valence-electron chi connectivity index (χ1n) is 26.9. The van der Waals surface area contributed by atoms with Crippen LogP contribution in [0, 0.1) is 22.7 Å². The van der Waals surface area contributed by atoms with Gasteiger partial charge in [0.2, 0.25) is 0 Å². The summed E-state index contributed by atoms with van der Waals surface area (Å²) in [6.45, 7) is 14.6. The Morgan fingerprint density at radius 1 is 0.625 bits per heavy atom. The molecule has 24 heteroatoms. The van der Waals surface area contributed by atoms with Crippen molar-refractivity contribution in [1.82, 2.24) is 49.6 Å². The summed E-state index contributed by atoms with van der Waals surface area (Å²) in [7, 11) is -0.456. The molecule has 0 amide bonds. The summed E-state index contributed by atoms with van der Waals surface area (Å²) < 4.78 is 26.2. The van der Waals surface area contributed by atoms with Gasteiger partial charge in [0.25, 0.3) is 0 Å². The number of nitrogens with zero attached hydrogens (tertiary/aromatic N) is 12. The first-order chi connectivity index (χ1) is 38.3. The second kappa shape index (κ2) is 22.4. The Balaban J connectivity index is 0.000000132. The van der Waals surface area contributed by atoms with Crippen LogP contribution >= 0.6 is 34.3 Å². The minimum atomic E-state index is -0.570. The van der Waals surface area contributed by atoms with Crippen LogP contribution in [-0.4, -0.2) is 128 Å². The van der Waals surface area contributed by atoms with Crippen LogP contribution in [-0.2, 0) is 18.8 Å². The van der Waals surface area contributed by atoms with E-state index in [1.54, 1.807) is 56.4 Å². The van der Waals surface area contributed by atoms with Crippen molar-refractivity contribution in [3.63, 3.8) is 0 Å². The van der Waals surface area contributed by atoms with E-state index in [1.165, 1.54) is 0 Å². The minimum Gasteiger partial charge on any atom is -0.398 e. The summed E-state index contributed by atoms with van der Waals surface area (Å²) in [6.07, 6.45) is 13.6. The molecule has 8 aromatic heterocycles. The van der Waals surface area contributed by atoms with Crippen LogP contribution in [0.25, 0.3) is 43.6 Å². The van der Waals surface area contributed by atoms with Gasteiger partial charge in [-0.3, -0.25) is 4.98 Å². The maximum atomic E-state index is 10.3. The van der Waals surface area contributed by atoms with E-state index in [0.29, 0.717) is 60.6 Å². The molecule has 2 aliphatic carbocycles. The number of rotatable bonds is 10. The molecule has 5 aliphatic rings. The van der Waals surface area contributed by atoms with Crippen molar-refractivity contribution in [3.8, 4) is 44.7 Å². The fourth-order valence-electron chi connectivity index (χ4n) is 10.2. The number of ether oxygens (including phenoxy) is 2. The molecule has 0 spiro atoms. The third-order valence-electron chi connectivity index (χ3n) is 16.0. The van der Waals surface area contributed by atoms with Gasteiger partial charge >= 0.3 is 7.12 Å². The van der Waals surface area contributed by atoms with Gasteiger partial charge in [0, 0.05) is 35.6 Å². The topological polar surface area (TPSA) is 261 Å². The molecular formula is C56H62BClN14O6S2. The maximum Gasteiger partial charge on any atom is 0.514 e. The molecule has 0 bridgehead atoms. The lowest BCUT2D eigenvalue weighted by molar-refractivity contribution is 0.00578. The molecular weight excluding hydrogens is 1080 g/mol. The molecule has 5 fully saturated rings. The number of nitriles is 2. The molecule has 4 N–H and O–H groups in total. The Bertz CT molecular complexity index is 3600. The summed E-state index contributed by atoms with van der Waals surface area (Å²) in [4.78, 5) is 8.96. The van der Waals surface area contributed by atoms with Crippen LogP contribution in [0.15, 0.2) is 73.3 Å². The van der Waals surface area contributed by atoms with E-state index < -0.39 is 18.3 Å². The maximum absolute atomic E-state index is 10.3. The quantitative estimate of drug-likeness (QED) is 0.0735. The summed E-state index contributed by atoms with van der Waals surface area (Å²) in [5.41, 5.74) is 7.02. The standard InChI is InChI=1S/C25H25N7O2S.C17H21ClN4O2S.C14H16BN3O2/c1-25(33)6-4-16(5-7-25)23-30-31-24(35-23)19-12-27-21(9-20(19)29-17-13-34-14-17)22-3-2-18-8-15(10-26)11-28-32(18)22;1-17(23)4-2-10(3-5-17)15-21-22-16(25-15)12-7-19-14(18)6-13(12)20-11-8-24-9-11;1-13(2)14(3,4)20-15(19-13)12-6-5-11-7-10(8-16)9-17-18(11)12/h2-3,8-9,11-12,16-17,33H,4-7,13-14H2,1H3,(H,27,29);6-7,10-11,23H,2-5,8-9H2,1H3,(H,19,20);5-7,9H,1-4H3. The van der Waals surface area contributed by atoms with Gasteiger partial charge in [-0.2, -0.15) is 20.7 Å². The van der Waals surface area contributed by atoms with Gasteiger partial charge in [0.1, 0.15) is 27.3 Å². The summed E-state index contributed by atoms with van der Waals surface area (Å²) >= 11 is 9.28. The number of halogens is 1. The number of anilines is 2. The Morgan fingerprint density at radius 3 is 1.60 bits per heavy atom. The average molecular weight is 1140 g/mol. The van der Waals surface area contributed by atoms with Crippen molar-refractivity contribution in [2.45, 2.75) is 139 Å². The molecule has 20 nitrogen and oxygen atoms in total. The van der Waals surface area contributed by atoms with Crippen LogP contribution in [0.3, 0.4) is 0 Å². The first kappa shape index (κ1) is 55.4. The molecule has 80 heavy (non-hydrogen) atoms. The molecule has 11 heterocycles. The minimum absolute atomic E-state index is 0.234. The molecule has 0 radical (unpaired) electrons. The van der Waals surface area contributed by atoms with Crippen LogP contribution < -0.4 is 16.2 Å². The van der Waals surface area contributed by atoms with Crippen molar-refractivity contribution in [1.29, 1.82) is 10.5 Å². The highest BCUT2D eigenvalue weighted by atomic mass is 35.5. The third-order valence-corrected chi connectivity index (χ3v) is 18.4. The van der Waals surface area contributed by atoms with Gasteiger partial charge in [-0.05, 0) is 141 Å². The fraction of sp³-hybridized carbons (Fsp3) is 0.464. The molecule has 8 aromatic rings. The van der Waals surface area contributed by atoms with E-state index in [9.17, 15) is 10.2 Å². The van der Waals surface area contributed by atoms with Crippen LogP contribution in [0.1, 0.15) is 126 Å². The Kier molecular flexibility index (Phi) is 15.5. The zero-order valence-corrected chi connectivity index (χ0v) is 47.8. The lowest BCUT2D eigenvalue weighted by atomic mass is 9.80. The molecule has 0 aromatic carbocycles. The van der Waals surface area contributed by atoms with Crippen molar-refractivity contribution in [2.24, 2.45) is 0 Å². The molecule has 0 unspecified atom stereocenters. The van der Waals surface area contributed by atoms with Gasteiger partial charge in [-0.25, -0.2) is 14.0 Å². The van der Waals surface area contributed by atoms with E-state index >= 15 is 0 Å². The zero-order valence-electron chi connectivity index (χ0n) is 45.4. The highest BCUT2D eigenvalue weighted by molar-refractivity contribution is 7.15. The number of pyridine rings is 2. The number of hydrogen-bond donors (Lipinski definition) is 4. The van der Waals surface area contributed by atoms with Crippen LogP contribution in [0.5, 0.6) is 0 Å². The average Bonchev–Trinajstić information content (AvgIpc) is 4.38. The molecule has 0 atom stereocenters. The summed E-state index contributed by atoms with van der Waals surface area (Å²) in [6, 6.07) is 19.9. The number of hydrogen-bond acceptors (Lipinski definition) is 20. The highest BCUT2D eigenvalue weighted by Crippen LogP contribution is 2.44. The van der Waals surface area contributed by atoms with Gasteiger partial charge in [-0.1, -0.05) is 34.3 Å². The van der Waals surface area contributed by atoms with E-state index in [4.69, 9.17) is 45.9 Å². The van der Waals surface area contributed by atoms with Crippen molar-refractivity contribution >= 4 is 69.4 Å². The number of aliphatic hydroxyl groups is 2. The van der Waals surface area contributed by atoms with Gasteiger partial charge in [0.15, 0.2) is 10.0 Å². The first-order valence-corrected chi connectivity index (χ1v) is 28.9. The third kappa shape index (κ3) is 11.9. The molecule has 2 saturated carbocycles. The lowest BCUT2D eigenvalue weighted by Gasteiger charge is -2.32. The Morgan fingerprint density at radius 2 is 1.10 bits per heavy atom. The number of fused-ring (bicyclic) bond motifs is 2. The Labute approximate surface area is 476 Å². The van der Waals surface area contributed by atoms with Crippen molar-refractivity contribution in [2.75, 3.05) is 37.1 Å². The van der Waals surface area contributed by atoms with E-state index in [-0.39, 0.29) is 17.2 Å². The van der Waals surface area contributed by atoms with Crippen LogP contribution in [0.4, 0.5) is 11.4 Å². The number of nitrogens with one attached hydrogen (secondary N) is 2. The normalized spacial score (nSPS) is 23.4. The Hall–Kier alpha value is -6.51. The van der Waals surface area contributed by atoms with Crippen molar-refractivity contribution < 1.29 is 29.0 Å². The monoisotopic (exact) mass is 1140 g/mol. The van der Waals surface area contributed by atoms with E-state index in [1.807, 2.05) is 90.2 Å². The second-order valence-electron chi connectivity index (χ2n) is 22.8. The van der Waals surface area contributed by atoms with Gasteiger partial charge in [-0.15, -0.1) is 20.4 Å². The lowest BCUT2D eigenvalue weighted by Crippen LogP contribution is -2.41. The molecule has 3 saturated heterocycles. The second-order valence-corrected chi connectivity index (χ2v) is 25.2. The van der Waals surface area contributed by atoms with Gasteiger partial charge < -0.3 is 39.6 Å². The SMILES string of the molecule is CC1(C)OB(c2ccc3cc(C#N)cnn23)OC1(C)C.CC1(O)CCC(c2nnc(-c3cnc(-c4ccc5cc(C#N)cnn45)cc3NC3COC3)s2)CC1.CC1(O)CCC(c2nnc(-c3cnc(Cl)cc3NC3COC3)s2)CC1. The highest BCUT2D eigenvalue weighted by Gasteiger charge is 2.52. The predicted octanol–water partition coefficient (Wildman–Crippen LogP) is 8.98. The van der Waals surface area contributed by atoms with E-state index in [2.05, 4.69) is 58.3 Å². The summed E-state index contributed by atoms with van der Waals surface area (Å²) in [5, 5.41) is 76.2. The molecule has 3 aliphatic heterocycles. The number of aromatic nitrogens is 10. The van der Waals surface area contributed by atoms with Crippen LogP contribution in [0.2, 0.25) is 5.15 Å². The largest absolute Gasteiger partial charge is 0.514 e. The zero-order chi connectivity index (χ0) is 56.0. The molecule has 13 rings (SSSR count). The smallest absolute Gasteiger partial charge is 0.398 e.